The predicted octanol–water partition coefficient (Wildman–Crippen LogP) is 6.05. The van der Waals surface area contributed by atoms with Crippen LogP contribution >= 0.6 is 0 Å². The van der Waals surface area contributed by atoms with E-state index in [1.807, 2.05) is 32.3 Å². The number of anilines is 1. The van der Waals surface area contributed by atoms with Gasteiger partial charge in [0.05, 0.1) is 4.90 Å². The smallest absolute Gasteiger partial charge is 0.125 e. The second kappa shape index (κ2) is 12.1. The standard InChI is InChI=1S/C23H36N2OS/c1-4-5-6-7-8-9-10-11-12-19-24-27(26)23-18-14-15-20-21(23)16-13-17-22(20)25(2)3/h13-18,24H,4-12,19H2,1-3H3. The summed E-state index contributed by atoms with van der Waals surface area (Å²) in [5.74, 6) is 0. The zero-order valence-electron chi connectivity index (χ0n) is 17.3. The summed E-state index contributed by atoms with van der Waals surface area (Å²) in [6.07, 6.45) is 11.8. The fourth-order valence-electron chi connectivity index (χ4n) is 3.49. The molecule has 0 aliphatic rings. The van der Waals surface area contributed by atoms with E-state index in [0.29, 0.717) is 0 Å². The van der Waals surface area contributed by atoms with Crippen molar-refractivity contribution in [3.63, 3.8) is 0 Å². The number of nitrogens with zero attached hydrogens (tertiary/aromatic N) is 1. The van der Waals surface area contributed by atoms with Gasteiger partial charge in [0.15, 0.2) is 0 Å². The van der Waals surface area contributed by atoms with E-state index < -0.39 is 11.0 Å². The summed E-state index contributed by atoms with van der Waals surface area (Å²) in [5.41, 5.74) is 1.16. The summed E-state index contributed by atoms with van der Waals surface area (Å²) in [7, 11) is 2.92. The minimum atomic E-state index is -1.16. The first kappa shape index (κ1) is 21.9. The van der Waals surface area contributed by atoms with Gasteiger partial charge in [0.25, 0.3) is 0 Å². The highest BCUT2D eigenvalue weighted by molar-refractivity contribution is 7.83. The lowest BCUT2D eigenvalue weighted by atomic mass is 10.1. The molecule has 2 rings (SSSR count). The maximum atomic E-state index is 12.8. The number of unbranched alkanes of at least 4 members (excludes halogenated alkanes) is 8. The second-order valence-corrected chi connectivity index (χ2v) is 8.78. The zero-order valence-corrected chi connectivity index (χ0v) is 18.1. The molecule has 1 atom stereocenters. The van der Waals surface area contributed by atoms with Crippen LogP contribution in [0.1, 0.15) is 64.7 Å². The largest absolute Gasteiger partial charge is 0.377 e. The van der Waals surface area contributed by atoms with E-state index in [4.69, 9.17) is 0 Å². The number of hydrogen-bond donors (Lipinski definition) is 1. The molecule has 2 aromatic rings. The van der Waals surface area contributed by atoms with Gasteiger partial charge in [-0.2, -0.15) is 0 Å². The van der Waals surface area contributed by atoms with Crippen LogP contribution in [0.5, 0.6) is 0 Å². The van der Waals surface area contributed by atoms with Crippen LogP contribution in [-0.2, 0) is 11.0 Å². The Morgan fingerprint density at radius 3 is 2.07 bits per heavy atom. The molecule has 4 heteroatoms. The average Bonchev–Trinajstić information content (AvgIpc) is 2.68. The zero-order chi connectivity index (χ0) is 19.5. The third-order valence-corrected chi connectivity index (χ3v) is 6.28. The van der Waals surface area contributed by atoms with E-state index in [1.165, 1.54) is 51.4 Å². The van der Waals surface area contributed by atoms with Crippen molar-refractivity contribution in [3.05, 3.63) is 36.4 Å². The highest BCUT2D eigenvalue weighted by atomic mass is 32.2. The molecule has 3 nitrogen and oxygen atoms in total. The Labute approximate surface area is 168 Å². The summed E-state index contributed by atoms with van der Waals surface area (Å²) in [6.45, 7) is 3.07. The van der Waals surface area contributed by atoms with Gasteiger partial charge in [-0.15, -0.1) is 0 Å². The molecule has 1 N–H and O–H groups in total. The van der Waals surface area contributed by atoms with Gasteiger partial charge in [-0.05, 0) is 18.6 Å². The van der Waals surface area contributed by atoms with Crippen LogP contribution < -0.4 is 9.62 Å². The lowest BCUT2D eigenvalue weighted by Crippen LogP contribution is -2.19. The maximum absolute atomic E-state index is 12.8. The van der Waals surface area contributed by atoms with E-state index >= 15 is 0 Å². The van der Waals surface area contributed by atoms with Gasteiger partial charge in [-0.1, -0.05) is 82.6 Å². The van der Waals surface area contributed by atoms with E-state index in [2.05, 4.69) is 34.7 Å². The Morgan fingerprint density at radius 1 is 0.815 bits per heavy atom. The molecule has 0 aromatic heterocycles. The number of rotatable bonds is 13. The quantitative estimate of drug-likeness (QED) is 0.424. The summed E-state index contributed by atoms with van der Waals surface area (Å²) >= 11 is 0. The van der Waals surface area contributed by atoms with Crippen molar-refractivity contribution in [1.29, 1.82) is 0 Å². The molecule has 27 heavy (non-hydrogen) atoms. The van der Waals surface area contributed by atoms with Crippen molar-refractivity contribution in [2.45, 2.75) is 69.6 Å². The van der Waals surface area contributed by atoms with Crippen LogP contribution in [0.2, 0.25) is 0 Å². The lowest BCUT2D eigenvalue weighted by Gasteiger charge is -2.16. The van der Waals surface area contributed by atoms with Gasteiger partial charge in [0.1, 0.15) is 11.0 Å². The first-order chi connectivity index (χ1) is 13.1. The van der Waals surface area contributed by atoms with Gasteiger partial charge >= 0.3 is 0 Å². The number of nitrogens with one attached hydrogen (secondary N) is 1. The average molecular weight is 389 g/mol. The lowest BCUT2D eigenvalue weighted by molar-refractivity contribution is 0.563. The molecule has 0 saturated carbocycles. The molecule has 150 valence electrons. The highest BCUT2D eigenvalue weighted by Gasteiger charge is 2.10. The molecule has 0 fully saturated rings. The van der Waals surface area contributed by atoms with Crippen molar-refractivity contribution < 1.29 is 4.21 Å². The van der Waals surface area contributed by atoms with Crippen LogP contribution in [-0.4, -0.2) is 24.8 Å². The molecule has 0 aliphatic heterocycles. The van der Waals surface area contributed by atoms with Gasteiger partial charge in [-0.3, -0.25) is 0 Å². The Morgan fingerprint density at radius 2 is 1.41 bits per heavy atom. The Hall–Kier alpha value is -1.39. The first-order valence-corrected chi connectivity index (χ1v) is 11.6. The van der Waals surface area contributed by atoms with Crippen LogP contribution in [0.15, 0.2) is 41.3 Å². The molecule has 1 unspecified atom stereocenters. The molecule has 2 aromatic carbocycles. The van der Waals surface area contributed by atoms with Gasteiger partial charge in [-0.25, -0.2) is 8.93 Å². The first-order valence-electron chi connectivity index (χ1n) is 10.5. The minimum Gasteiger partial charge on any atom is -0.377 e. The van der Waals surface area contributed by atoms with E-state index in [-0.39, 0.29) is 0 Å². The highest BCUT2D eigenvalue weighted by Crippen LogP contribution is 2.29. The second-order valence-electron chi connectivity index (χ2n) is 7.51. The van der Waals surface area contributed by atoms with Crippen molar-refractivity contribution in [2.24, 2.45) is 0 Å². The third kappa shape index (κ3) is 6.93. The molecule has 0 saturated heterocycles. The van der Waals surface area contributed by atoms with Crippen molar-refractivity contribution >= 4 is 27.4 Å². The fraction of sp³-hybridized carbons (Fsp3) is 0.565. The Balaban J connectivity index is 1.77. The van der Waals surface area contributed by atoms with Crippen LogP contribution in [0, 0.1) is 0 Å². The summed E-state index contributed by atoms with van der Waals surface area (Å²) < 4.78 is 16.0. The SMILES string of the molecule is CCCCCCCCCCCNS(=O)c1cccc2c(N(C)C)cccc12. The third-order valence-electron chi connectivity index (χ3n) is 5.05. The summed E-state index contributed by atoms with van der Waals surface area (Å²) in [6, 6.07) is 12.3. The van der Waals surface area contributed by atoms with E-state index in [1.54, 1.807) is 0 Å². The Bertz CT molecular complexity index is 715. The molecule has 0 bridgehead atoms. The molecule has 0 radical (unpaired) electrons. The van der Waals surface area contributed by atoms with Crippen molar-refractivity contribution in [2.75, 3.05) is 25.5 Å². The van der Waals surface area contributed by atoms with Crippen LogP contribution in [0.4, 0.5) is 5.69 Å². The topological polar surface area (TPSA) is 32.3 Å². The molecule has 0 aliphatic carbocycles. The Kier molecular flexibility index (Phi) is 9.85. The molecular weight excluding hydrogens is 352 g/mol. The maximum Gasteiger partial charge on any atom is 0.125 e. The summed E-state index contributed by atoms with van der Waals surface area (Å²) in [4.78, 5) is 2.98. The monoisotopic (exact) mass is 388 g/mol. The van der Waals surface area contributed by atoms with Crippen LogP contribution in [0.25, 0.3) is 10.8 Å². The number of hydrogen-bond acceptors (Lipinski definition) is 2. The van der Waals surface area contributed by atoms with Gasteiger partial charge in [0, 0.05) is 37.1 Å². The molecule has 0 amide bonds. The molecular formula is C23H36N2OS. The number of benzene rings is 2. The normalized spacial score (nSPS) is 12.4. The minimum absolute atomic E-state index is 0.812. The van der Waals surface area contributed by atoms with Gasteiger partial charge < -0.3 is 4.90 Å². The molecule has 0 spiro atoms. The van der Waals surface area contributed by atoms with E-state index in [0.717, 1.165) is 34.3 Å². The molecule has 0 heterocycles. The predicted molar refractivity (Wildman–Crippen MR) is 120 cm³/mol. The number of fused-ring (bicyclic) bond motifs is 1. The van der Waals surface area contributed by atoms with Gasteiger partial charge in [0.2, 0.25) is 0 Å². The van der Waals surface area contributed by atoms with Crippen molar-refractivity contribution in [1.82, 2.24) is 4.72 Å². The fourth-order valence-corrected chi connectivity index (χ4v) is 4.56. The summed E-state index contributed by atoms with van der Waals surface area (Å²) in [5, 5.41) is 2.22. The van der Waals surface area contributed by atoms with Crippen LogP contribution in [0.3, 0.4) is 0 Å². The van der Waals surface area contributed by atoms with Crippen molar-refractivity contribution in [3.8, 4) is 0 Å². The van der Waals surface area contributed by atoms with E-state index in [9.17, 15) is 4.21 Å².